The van der Waals surface area contributed by atoms with Crippen LogP contribution in [0.5, 0.6) is 0 Å². The Labute approximate surface area is 164 Å². The zero-order chi connectivity index (χ0) is 20.1. The summed E-state index contributed by atoms with van der Waals surface area (Å²) in [6, 6.07) is 15.0. The predicted octanol–water partition coefficient (Wildman–Crippen LogP) is 4.44. The van der Waals surface area contributed by atoms with Gasteiger partial charge in [0.15, 0.2) is 0 Å². The quantitative estimate of drug-likeness (QED) is 0.570. The van der Waals surface area contributed by atoms with Gasteiger partial charge >= 0.3 is 5.97 Å². The van der Waals surface area contributed by atoms with Crippen molar-refractivity contribution in [2.45, 2.75) is 33.3 Å². The summed E-state index contributed by atoms with van der Waals surface area (Å²) < 4.78 is 11.2. The van der Waals surface area contributed by atoms with Crippen molar-refractivity contribution in [2.75, 3.05) is 13.1 Å². The molecule has 0 unspecified atom stereocenters. The van der Waals surface area contributed by atoms with Crippen LogP contribution in [0.4, 0.5) is 0 Å². The molecule has 0 saturated carbocycles. The summed E-state index contributed by atoms with van der Waals surface area (Å²) in [5, 5.41) is 0.883. The molecule has 5 nitrogen and oxygen atoms in total. The molecule has 0 bridgehead atoms. The lowest BCUT2D eigenvalue weighted by atomic mass is 10.1. The minimum absolute atomic E-state index is 0.0466. The molecule has 2 aromatic carbocycles. The lowest BCUT2D eigenvalue weighted by Gasteiger charge is -2.25. The van der Waals surface area contributed by atoms with Gasteiger partial charge in [-0.3, -0.25) is 9.59 Å². The average Bonchev–Trinajstić information content (AvgIpc) is 3.09. The molecule has 0 aliphatic heterocycles. The maximum Gasteiger partial charge on any atom is 0.311 e. The fraction of sp³-hybridized carbons (Fsp3) is 0.304. The van der Waals surface area contributed by atoms with E-state index in [4.69, 9.17) is 9.15 Å². The number of ether oxygens (including phenoxy) is 1. The molecule has 0 radical (unpaired) electrons. The van der Waals surface area contributed by atoms with Crippen molar-refractivity contribution in [3.63, 3.8) is 0 Å². The lowest BCUT2D eigenvalue weighted by molar-refractivity contribution is -0.160. The second kappa shape index (κ2) is 8.74. The molecule has 1 amide bonds. The number of amides is 1. The van der Waals surface area contributed by atoms with Crippen molar-refractivity contribution in [1.82, 2.24) is 4.90 Å². The number of likely N-dealkylation sites (N-methyl/N-ethyl adjacent to an activating group) is 1. The standard InChI is InChI=1S/C23H25NO4/c1-4-24(5-2)23(26)22(17-9-7-6-8-10-17)28-21(25)14-18-15-27-20-13-16(3)11-12-19(18)20/h6-13,15,22H,4-5,14H2,1-3H3/t22-/m1/s1. The average molecular weight is 379 g/mol. The highest BCUT2D eigenvalue weighted by Crippen LogP contribution is 2.25. The van der Waals surface area contributed by atoms with Gasteiger partial charge in [0.25, 0.3) is 5.91 Å². The first kappa shape index (κ1) is 19.7. The number of carbonyl (C=O) groups is 2. The maximum absolute atomic E-state index is 12.9. The number of nitrogens with zero attached hydrogens (tertiary/aromatic N) is 1. The van der Waals surface area contributed by atoms with E-state index in [2.05, 4.69) is 0 Å². The van der Waals surface area contributed by atoms with Crippen LogP contribution in [0.15, 0.2) is 59.2 Å². The fourth-order valence-corrected chi connectivity index (χ4v) is 3.25. The molecule has 28 heavy (non-hydrogen) atoms. The third kappa shape index (κ3) is 4.25. The van der Waals surface area contributed by atoms with Gasteiger partial charge in [0.1, 0.15) is 5.58 Å². The van der Waals surface area contributed by atoms with E-state index in [-0.39, 0.29) is 12.3 Å². The summed E-state index contributed by atoms with van der Waals surface area (Å²) >= 11 is 0. The molecule has 0 spiro atoms. The van der Waals surface area contributed by atoms with Gasteiger partial charge in [-0.15, -0.1) is 0 Å². The molecule has 3 rings (SSSR count). The SMILES string of the molecule is CCN(CC)C(=O)[C@H](OC(=O)Cc1coc2cc(C)ccc12)c1ccccc1. The van der Waals surface area contributed by atoms with Crippen LogP contribution in [0, 0.1) is 6.92 Å². The Kier molecular flexibility index (Phi) is 6.14. The number of hydrogen-bond acceptors (Lipinski definition) is 4. The van der Waals surface area contributed by atoms with Crippen LogP contribution in [0.25, 0.3) is 11.0 Å². The Balaban J connectivity index is 1.81. The van der Waals surface area contributed by atoms with E-state index in [1.807, 2.05) is 57.2 Å². The summed E-state index contributed by atoms with van der Waals surface area (Å²) in [5.41, 5.74) is 3.24. The van der Waals surface area contributed by atoms with Gasteiger partial charge in [-0.25, -0.2) is 0 Å². The van der Waals surface area contributed by atoms with E-state index in [9.17, 15) is 9.59 Å². The van der Waals surface area contributed by atoms with E-state index in [0.717, 1.165) is 22.1 Å². The maximum atomic E-state index is 12.9. The molecule has 0 aliphatic carbocycles. The normalized spacial score (nSPS) is 12.0. The van der Waals surface area contributed by atoms with Crippen LogP contribution >= 0.6 is 0 Å². The number of carbonyl (C=O) groups excluding carboxylic acids is 2. The molecule has 1 aromatic heterocycles. The number of hydrogen-bond donors (Lipinski definition) is 0. The summed E-state index contributed by atoms with van der Waals surface area (Å²) in [7, 11) is 0. The van der Waals surface area contributed by atoms with Crippen molar-refractivity contribution in [3.05, 3.63) is 71.5 Å². The van der Waals surface area contributed by atoms with Gasteiger partial charge in [-0.1, -0.05) is 42.5 Å². The third-order valence-electron chi connectivity index (χ3n) is 4.80. The Bertz CT molecular complexity index is 957. The van der Waals surface area contributed by atoms with Gasteiger partial charge in [-0.05, 0) is 32.4 Å². The second-order valence-corrected chi connectivity index (χ2v) is 6.73. The zero-order valence-corrected chi connectivity index (χ0v) is 16.5. The molecule has 5 heteroatoms. The Hall–Kier alpha value is -3.08. The molecule has 0 aliphatic rings. The third-order valence-corrected chi connectivity index (χ3v) is 4.80. The Morgan fingerprint density at radius 1 is 1.07 bits per heavy atom. The van der Waals surface area contributed by atoms with Crippen LogP contribution in [-0.2, 0) is 20.7 Å². The largest absolute Gasteiger partial charge is 0.464 e. The van der Waals surface area contributed by atoms with Crippen LogP contribution in [-0.4, -0.2) is 29.9 Å². The zero-order valence-electron chi connectivity index (χ0n) is 16.5. The van der Waals surface area contributed by atoms with E-state index in [1.54, 1.807) is 23.3 Å². The van der Waals surface area contributed by atoms with Gasteiger partial charge in [0.05, 0.1) is 12.7 Å². The number of aryl methyl sites for hydroxylation is 1. The number of rotatable bonds is 7. The van der Waals surface area contributed by atoms with Crippen LogP contribution in [0.1, 0.15) is 36.6 Å². The fourth-order valence-electron chi connectivity index (χ4n) is 3.25. The summed E-state index contributed by atoms with van der Waals surface area (Å²) in [5.74, 6) is -0.671. The number of furan rings is 1. The highest BCUT2D eigenvalue weighted by Gasteiger charge is 2.28. The molecule has 0 saturated heterocycles. The molecule has 0 N–H and O–H groups in total. The van der Waals surface area contributed by atoms with Gasteiger partial charge in [0.2, 0.25) is 6.10 Å². The second-order valence-electron chi connectivity index (χ2n) is 6.73. The highest BCUT2D eigenvalue weighted by molar-refractivity contribution is 5.88. The molecular weight excluding hydrogens is 354 g/mol. The molecule has 0 fully saturated rings. The topological polar surface area (TPSA) is 59.8 Å². The van der Waals surface area contributed by atoms with Crippen molar-refractivity contribution in [3.8, 4) is 0 Å². The first-order valence-corrected chi connectivity index (χ1v) is 9.53. The number of fused-ring (bicyclic) bond motifs is 1. The van der Waals surface area contributed by atoms with E-state index in [0.29, 0.717) is 18.7 Å². The lowest BCUT2D eigenvalue weighted by Crippen LogP contribution is -2.36. The van der Waals surface area contributed by atoms with Crippen LogP contribution in [0.3, 0.4) is 0 Å². The van der Waals surface area contributed by atoms with Gasteiger partial charge in [-0.2, -0.15) is 0 Å². The number of benzene rings is 2. The molecule has 146 valence electrons. The smallest absolute Gasteiger partial charge is 0.311 e. The summed E-state index contributed by atoms with van der Waals surface area (Å²) in [6.07, 6.45) is 0.675. The number of esters is 1. The van der Waals surface area contributed by atoms with E-state index in [1.165, 1.54) is 0 Å². The monoisotopic (exact) mass is 379 g/mol. The predicted molar refractivity (Wildman–Crippen MR) is 108 cm³/mol. The minimum Gasteiger partial charge on any atom is -0.464 e. The van der Waals surface area contributed by atoms with Crippen LogP contribution < -0.4 is 0 Å². The van der Waals surface area contributed by atoms with Crippen LogP contribution in [0.2, 0.25) is 0 Å². The summed E-state index contributed by atoms with van der Waals surface area (Å²) in [4.78, 5) is 27.3. The summed E-state index contributed by atoms with van der Waals surface area (Å²) in [6.45, 7) is 6.92. The molecule has 3 aromatic rings. The highest BCUT2D eigenvalue weighted by atomic mass is 16.5. The first-order chi connectivity index (χ1) is 13.5. The van der Waals surface area contributed by atoms with Crippen molar-refractivity contribution in [1.29, 1.82) is 0 Å². The molecule has 1 heterocycles. The van der Waals surface area contributed by atoms with Crippen molar-refractivity contribution >= 4 is 22.8 Å². The first-order valence-electron chi connectivity index (χ1n) is 9.53. The van der Waals surface area contributed by atoms with E-state index >= 15 is 0 Å². The van der Waals surface area contributed by atoms with E-state index < -0.39 is 12.1 Å². The van der Waals surface area contributed by atoms with Crippen molar-refractivity contribution in [2.24, 2.45) is 0 Å². The Morgan fingerprint density at radius 2 is 1.79 bits per heavy atom. The molecular formula is C23H25NO4. The molecule has 1 atom stereocenters. The van der Waals surface area contributed by atoms with Crippen molar-refractivity contribution < 1.29 is 18.7 Å². The Morgan fingerprint density at radius 3 is 2.46 bits per heavy atom. The minimum atomic E-state index is -0.950. The van der Waals surface area contributed by atoms with Gasteiger partial charge < -0.3 is 14.1 Å². The van der Waals surface area contributed by atoms with Gasteiger partial charge in [0, 0.05) is 29.6 Å².